The number of unbranched alkanes of at least 4 members (excludes halogenated alkanes) is 42. The monoisotopic (exact) mass is 975 g/mol. The molecule has 6 nitrogen and oxygen atoms in total. The highest BCUT2D eigenvalue weighted by atomic mass is 16.6. The first kappa shape index (κ1) is 67.4. The molecule has 0 aliphatic rings. The van der Waals surface area contributed by atoms with Crippen LogP contribution in [-0.4, -0.2) is 37.2 Å². The molecule has 0 aliphatic carbocycles. The molecule has 0 amide bonds. The van der Waals surface area contributed by atoms with Gasteiger partial charge in [-0.3, -0.25) is 14.4 Å². The molecule has 0 aliphatic heterocycles. The van der Waals surface area contributed by atoms with E-state index in [0.29, 0.717) is 19.3 Å². The Kier molecular flexibility index (Phi) is 54.4. The lowest BCUT2D eigenvalue weighted by molar-refractivity contribution is -0.167. The maximum absolute atomic E-state index is 12.9. The van der Waals surface area contributed by atoms with E-state index in [1.165, 1.54) is 244 Å². The van der Waals surface area contributed by atoms with Crippen molar-refractivity contribution in [3.05, 3.63) is 0 Å². The van der Waals surface area contributed by atoms with Crippen LogP contribution in [0.25, 0.3) is 0 Å². The number of esters is 3. The summed E-state index contributed by atoms with van der Waals surface area (Å²) in [6, 6.07) is 0. The Hall–Kier alpha value is -1.59. The normalized spacial score (nSPS) is 12.0. The predicted octanol–water partition coefficient (Wildman–Crippen LogP) is 20.8. The van der Waals surface area contributed by atoms with E-state index in [9.17, 15) is 14.4 Å². The van der Waals surface area contributed by atoms with Crippen LogP contribution in [0, 0.1) is 11.8 Å². The van der Waals surface area contributed by atoms with Crippen LogP contribution in [0.3, 0.4) is 0 Å². The zero-order valence-corrected chi connectivity index (χ0v) is 47.5. The Morgan fingerprint density at radius 2 is 0.478 bits per heavy atom. The first-order valence-electron chi connectivity index (χ1n) is 31.2. The molecule has 0 bridgehead atoms. The SMILES string of the molecule is CCCCCCCCCCCCCCCCCC(=O)OC[C@@H](COC(=O)CCCCCCCCCCCCCCCCCC(C)C)OC(=O)CCCCCCCCCCCCCCCCCC(C)C. The van der Waals surface area contributed by atoms with Gasteiger partial charge in [-0.25, -0.2) is 0 Å². The van der Waals surface area contributed by atoms with Gasteiger partial charge in [0, 0.05) is 19.3 Å². The third-order valence-electron chi connectivity index (χ3n) is 14.5. The lowest BCUT2D eigenvalue weighted by atomic mass is 10.0. The van der Waals surface area contributed by atoms with Crippen molar-refractivity contribution in [2.24, 2.45) is 11.8 Å². The van der Waals surface area contributed by atoms with E-state index in [4.69, 9.17) is 14.2 Å². The van der Waals surface area contributed by atoms with Gasteiger partial charge in [0.1, 0.15) is 13.2 Å². The average molecular weight is 976 g/mol. The molecule has 69 heavy (non-hydrogen) atoms. The minimum absolute atomic E-state index is 0.0619. The van der Waals surface area contributed by atoms with Gasteiger partial charge in [-0.1, -0.05) is 317 Å². The first-order chi connectivity index (χ1) is 33.7. The van der Waals surface area contributed by atoms with E-state index in [2.05, 4.69) is 34.6 Å². The molecule has 0 radical (unpaired) electrons. The number of hydrogen-bond acceptors (Lipinski definition) is 6. The summed E-state index contributed by atoms with van der Waals surface area (Å²) in [5, 5.41) is 0. The zero-order valence-electron chi connectivity index (χ0n) is 47.5. The fraction of sp³-hybridized carbons (Fsp3) is 0.952. The molecular weight excluding hydrogens is 853 g/mol. The molecule has 0 heterocycles. The molecular formula is C63H122O6. The largest absolute Gasteiger partial charge is 0.462 e. The van der Waals surface area contributed by atoms with Crippen LogP contribution in [0.15, 0.2) is 0 Å². The third kappa shape index (κ3) is 57.2. The van der Waals surface area contributed by atoms with E-state index >= 15 is 0 Å². The van der Waals surface area contributed by atoms with Gasteiger partial charge in [-0.15, -0.1) is 0 Å². The quantitative estimate of drug-likeness (QED) is 0.0343. The Morgan fingerprint density at radius 1 is 0.275 bits per heavy atom. The number of hydrogen-bond donors (Lipinski definition) is 0. The van der Waals surface area contributed by atoms with Crippen LogP contribution in [0.5, 0.6) is 0 Å². The third-order valence-corrected chi connectivity index (χ3v) is 14.5. The lowest BCUT2D eigenvalue weighted by Gasteiger charge is -2.18. The number of carbonyl (C=O) groups excluding carboxylic acids is 3. The minimum atomic E-state index is -0.763. The van der Waals surface area contributed by atoms with Gasteiger partial charge in [-0.2, -0.15) is 0 Å². The summed E-state index contributed by atoms with van der Waals surface area (Å²) in [6.07, 6.45) is 61.0. The summed E-state index contributed by atoms with van der Waals surface area (Å²) in [5.41, 5.74) is 0. The summed E-state index contributed by atoms with van der Waals surface area (Å²) >= 11 is 0. The average Bonchev–Trinajstić information content (AvgIpc) is 3.32. The van der Waals surface area contributed by atoms with Crippen LogP contribution in [-0.2, 0) is 28.6 Å². The smallest absolute Gasteiger partial charge is 0.306 e. The van der Waals surface area contributed by atoms with Crippen LogP contribution >= 0.6 is 0 Å². The fourth-order valence-corrected chi connectivity index (χ4v) is 9.76. The van der Waals surface area contributed by atoms with Crippen molar-refractivity contribution >= 4 is 17.9 Å². The number of ether oxygens (including phenoxy) is 3. The lowest BCUT2D eigenvalue weighted by Crippen LogP contribution is -2.30. The van der Waals surface area contributed by atoms with E-state index in [1.54, 1.807) is 0 Å². The predicted molar refractivity (Wildman–Crippen MR) is 298 cm³/mol. The molecule has 0 saturated heterocycles. The molecule has 0 unspecified atom stereocenters. The Balaban J connectivity index is 4.29. The second-order valence-electron chi connectivity index (χ2n) is 22.6. The molecule has 0 N–H and O–H groups in total. The van der Waals surface area contributed by atoms with Crippen LogP contribution in [0.4, 0.5) is 0 Å². The topological polar surface area (TPSA) is 78.9 Å². The Labute approximate surface area is 431 Å². The highest BCUT2D eigenvalue weighted by molar-refractivity contribution is 5.71. The summed E-state index contributed by atoms with van der Waals surface area (Å²) in [6.45, 7) is 11.5. The number of rotatable bonds is 57. The van der Waals surface area contributed by atoms with Crippen LogP contribution in [0.1, 0.15) is 356 Å². The van der Waals surface area contributed by atoms with Crippen molar-refractivity contribution in [3.63, 3.8) is 0 Å². The molecule has 0 aromatic rings. The minimum Gasteiger partial charge on any atom is -0.462 e. The summed E-state index contributed by atoms with van der Waals surface area (Å²) in [7, 11) is 0. The van der Waals surface area contributed by atoms with Crippen molar-refractivity contribution < 1.29 is 28.6 Å². The maximum Gasteiger partial charge on any atom is 0.306 e. The van der Waals surface area contributed by atoms with Crippen molar-refractivity contribution in [3.8, 4) is 0 Å². The van der Waals surface area contributed by atoms with Crippen molar-refractivity contribution in [1.82, 2.24) is 0 Å². The molecule has 0 aromatic carbocycles. The van der Waals surface area contributed by atoms with Gasteiger partial charge >= 0.3 is 17.9 Å². The van der Waals surface area contributed by atoms with Crippen LogP contribution in [0.2, 0.25) is 0 Å². The van der Waals surface area contributed by atoms with Gasteiger partial charge < -0.3 is 14.2 Å². The highest BCUT2D eigenvalue weighted by Gasteiger charge is 2.19. The van der Waals surface area contributed by atoms with Crippen molar-refractivity contribution in [2.75, 3.05) is 13.2 Å². The molecule has 1 atom stereocenters. The van der Waals surface area contributed by atoms with Crippen molar-refractivity contribution in [2.45, 2.75) is 362 Å². The Morgan fingerprint density at radius 3 is 0.710 bits per heavy atom. The van der Waals surface area contributed by atoms with Gasteiger partial charge in [0.25, 0.3) is 0 Å². The molecule has 0 rings (SSSR count). The molecule has 6 heteroatoms. The molecule has 0 spiro atoms. The fourth-order valence-electron chi connectivity index (χ4n) is 9.76. The van der Waals surface area contributed by atoms with Gasteiger partial charge in [0.05, 0.1) is 0 Å². The first-order valence-corrected chi connectivity index (χ1v) is 31.2. The van der Waals surface area contributed by atoms with Gasteiger partial charge in [-0.05, 0) is 31.1 Å². The van der Waals surface area contributed by atoms with E-state index in [-0.39, 0.29) is 31.1 Å². The maximum atomic E-state index is 12.9. The highest BCUT2D eigenvalue weighted by Crippen LogP contribution is 2.19. The molecule has 0 aromatic heterocycles. The second kappa shape index (κ2) is 55.7. The summed E-state index contributed by atoms with van der Waals surface area (Å²) in [4.78, 5) is 38.3. The van der Waals surface area contributed by atoms with E-state index in [0.717, 1.165) is 69.6 Å². The van der Waals surface area contributed by atoms with E-state index < -0.39 is 6.10 Å². The molecule has 0 fully saturated rings. The summed E-state index contributed by atoms with van der Waals surface area (Å²) < 4.78 is 16.9. The second-order valence-corrected chi connectivity index (χ2v) is 22.6. The molecule has 410 valence electrons. The Bertz CT molecular complexity index is 1060. The van der Waals surface area contributed by atoms with Crippen molar-refractivity contribution in [1.29, 1.82) is 0 Å². The van der Waals surface area contributed by atoms with Gasteiger partial charge in [0.15, 0.2) is 6.10 Å². The van der Waals surface area contributed by atoms with Gasteiger partial charge in [0.2, 0.25) is 0 Å². The number of carbonyl (C=O) groups is 3. The molecule has 0 saturated carbocycles. The standard InChI is InChI=1S/C63H122O6/c1-6-7-8-9-10-11-12-13-16-23-28-33-38-43-48-53-61(64)67-56-60(69-63(66)55-50-45-40-35-30-25-20-15-18-22-27-32-37-42-47-52-59(4)5)57-68-62(65)54-49-44-39-34-29-24-19-14-17-21-26-31-36-41-46-51-58(2)3/h58-60H,6-57H2,1-5H3/t60-/m0/s1. The van der Waals surface area contributed by atoms with E-state index in [1.807, 2.05) is 0 Å². The zero-order chi connectivity index (χ0) is 50.4. The summed E-state index contributed by atoms with van der Waals surface area (Å²) in [5.74, 6) is 0.865. The van der Waals surface area contributed by atoms with Crippen LogP contribution < -0.4 is 0 Å².